The van der Waals surface area contributed by atoms with Crippen molar-refractivity contribution in [3.05, 3.63) is 64.7 Å². The van der Waals surface area contributed by atoms with E-state index in [1.807, 2.05) is 0 Å². The van der Waals surface area contributed by atoms with Gasteiger partial charge in [-0.2, -0.15) is 5.01 Å². The second-order valence-corrected chi connectivity index (χ2v) is 8.91. The second-order valence-electron chi connectivity index (χ2n) is 8.48. The third-order valence-corrected chi connectivity index (χ3v) is 6.56. The average molecular weight is 485 g/mol. The summed E-state index contributed by atoms with van der Waals surface area (Å²) < 4.78 is 5.21. The number of halogens is 1. The van der Waals surface area contributed by atoms with E-state index in [0.29, 0.717) is 47.8 Å². The maximum Gasteiger partial charge on any atom is 0.344 e. The number of carbonyl (C=O) groups is 4. The van der Waals surface area contributed by atoms with E-state index >= 15 is 0 Å². The van der Waals surface area contributed by atoms with E-state index in [2.05, 4.69) is 10.7 Å². The monoisotopic (exact) mass is 484 g/mol. The Labute approximate surface area is 202 Å². The summed E-state index contributed by atoms with van der Waals surface area (Å²) in [6.07, 6.45) is 0.837. The molecule has 0 aromatic heterocycles. The Morgan fingerprint density at radius 1 is 1.12 bits per heavy atom. The highest BCUT2D eigenvalue weighted by molar-refractivity contribution is 6.30. The van der Waals surface area contributed by atoms with Crippen LogP contribution in [0, 0.1) is 5.92 Å². The molecule has 2 aromatic carbocycles. The van der Waals surface area contributed by atoms with Crippen LogP contribution in [0.3, 0.4) is 0 Å². The number of urea groups is 1. The molecule has 2 fully saturated rings. The lowest BCUT2D eigenvalue weighted by molar-refractivity contribution is -0.141. The second kappa shape index (κ2) is 9.34. The number of hydrazine groups is 1. The maximum atomic E-state index is 13.1. The fraction of sp³-hybridized carbons (Fsp3) is 0.333. The molecule has 0 aliphatic carbocycles. The Morgan fingerprint density at radius 3 is 2.44 bits per heavy atom. The summed E-state index contributed by atoms with van der Waals surface area (Å²) >= 11 is 5.88. The first-order valence-corrected chi connectivity index (χ1v) is 11.3. The van der Waals surface area contributed by atoms with Crippen molar-refractivity contribution < 1.29 is 23.9 Å². The molecule has 0 saturated carbocycles. The Balaban J connectivity index is 1.37. The van der Waals surface area contributed by atoms with Gasteiger partial charge in [0.05, 0.1) is 7.11 Å². The maximum absolute atomic E-state index is 13.1. The van der Waals surface area contributed by atoms with E-state index in [1.54, 1.807) is 60.4 Å². The average Bonchev–Trinajstić information content (AvgIpc) is 3.08. The fourth-order valence-corrected chi connectivity index (χ4v) is 4.32. The van der Waals surface area contributed by atoms with Crippen LogP contribution in [0.2, 0.25) is 5.02 Å². The first-order valence-electron chi connectivity index (χ1n) is 10.9. The predicted molar refractivity (Wildman–Crippen MR) is 124 cm³/mol. The Bertz CT molecular complexity index is 1130. The van der Waals surface area contributed by atoms with E-state index in [4.69, 9.17) is 16.3 Å². The van der Waals surface area contributed by atoms with Crippen LogP contribution >= 0.6 is 11.6 Å². The number of rotatable bonds is 5. The van der Waals surface area contributed by atoms with Gasteiger partial charge in [0.15, 0.2) is 0 Å². The topological polar surface area (TPSA) is 108 Å². The van der Waals surface area contributed by atoms with Crippen LogP contribution in [0.25, 0.3) is 0 Å². The minimum atomic E-state index is -1.34. The number of likely N-dealkylation sites (tertiary alicyclic amines) is 1. The van der Waals surface area contributed by atoms with Crippen molar-refractivity contribution in [2.45, 2.75) is 25.3 Å². The normalized spacial score (nSPS) is 20.8. The minimum Gasteiger partial charge on any atom is -0.497 e. The van der Waals surface area contributed by atoms with Crippen molar-refractivity contribution in [2.75, 3.05) is 20.2 Å². The fourth-order valence-electron chi connectivity index (χ4n) is 4.19. The summed E-state index contributed by atoms with van der Waals surface area (Å²) in [7, 11) is 1.51. The van der Waals surface area contributed by atoms with Gasteiger partial charge in [-0.05, 0) is 61.7 Å². The largest absolute Gasteiger partial charge is 0.497 e. The first-order chi connectivity index (χ1) is 16.2. The number of ether oxygens (including phenoxy) is 1. The number of hydrogen-bond donors (Lipinski definition) is 2. The molecular weight excluding hydrogens is 460 g/mol. The number of nitrogens with one attached hydrogen (secondary N) is 2. The van der Waals surface area contributed by atoms with E-state index in [9.17, 15) is 19.2 Å². The van der Waals surface area contributed by atoms with E-state index in [0.717, 1.165) is 5.01 Å². The molecule has 0 spiro atoms. The Kier molecular flexibility index (Phi) is 6.47. The van der Waals surface area contributed by atoms with Crippen molar-refractivity contribution in [3.63, 3.8) is 0 Å². The van der Waals surface area contributed by atoms with Crippen LogP contribution in [-0.2, 0) is 15.1 Å². The van der Waals surface area contributed by atoms with Crippen molar-refractivity contribution in [1.82, 2.24) is 20.7 Å². The van der Waals surface area contributed by atoms with Gasteiger partial charge in [0.1, 0.15) is 11.3 Å². The van der Waals surface area contributed by atoms with Crippen LogP contribution in [0.15, 0.2) is 48.5 Å². The number of hydrogen-bond acceptors (Lipinski definition) is 5. The number of piperidine rings is 1. The van der Waals surface area contributed by atoms with Gasteiger partial charge >= 0.3 is 6.03 Å². The van der Waals surface area contributed by atoms with E-state index in [-0.39, 0.29) is 5.91 Å². The van der Waals surface area contributed by atoms with Crippen LogP contribution < -0.4 is 15.5 Å². The summed E-state index contributed by atoms with van der Waals surface area (Å²) in [6.45, 7) is 2.36. The van der Waals surface area contributed by atoms with Crippen LogP contribution in [-0.4, -0.2) is 53.9 Å². The van der Waals surface area contributed by atoms with Gasteiger partial charge in [0.25, 0.3) is 11.8 Å². The van der Waals surface area contributed by atoms with Gasteiger partial charge in [0.2, 0.25) is 5.91 Å². The SMILES string of the molecule is COc1cccc(C2(C)NC(=O)N(NC(=O)C3CCN(C(=O)c4ccc(Cl)cc4)CC3)C2=O)c1. The smallest absolute Gasteiger partial charge is 0.344 e. The van der Waals surface area contributed by atoms with Crippen LogP contribution in [0.5, 0.6) is 5.75 Å². The number of amides is 5. The molecule has 9 nitrogen and oxygen atoms in total. The van der Waals surface area contributed by atoms with Crippen molar-refractivity contribution in [1.29, 1.82) is 0 Å². The van der Waals surface area contributed by atoms with Crippen molar-refractivity contribution >= 4 is 35.4 Å². The number of carbonyl (C=O) groups excluding carboxylic acids is 4. The zero-order valence-electron chi connectivity index (χ0n) is 18.8. The summed E-state index contributed by atoms with van der Waals surface area (Å²) in [6, 6.07) is 12.8. The molecule has 10 heteroatoms. The van der Waals surface area contributed by atoms with Gasteiger partial charge in [-0.15, -0.1) is 0 Å². The third kappa shape index (κ3) is 4.43. The zero-order chi connectivity index (χ0) is 24.5. The quantitative estimate of drug-likeness (QED) is 0.634. The number of methoxy groups -OCH3 is 1. The van der Waals surface area contributed by atoms with Crippen molar-refractivity contribution in [2.24, 2.45) is 5.92 Å². The van der Waals surface area contributed by atoms with E-state index in [1.165, 1.54) is 7.11 Å². The molecule has 2 aliphatic rings. The Morgan fingerprint density at radius 2 is 1.79 bits per heavy atom. The molecule has 0 bridgehead atoms. The third-order valence-electron chi connectivity index (χ3n) is 6.30. The molecular formula is C24H25ClN4O5. The standard InChI is InChI=1S/C24H25ClN4O5/c1-24(17-4-3-5-19(14-17)34-2)22(32)29(23(33)26-24)27-20(30)15-10-12-28(13-11-15)21(31)16-6-8-18(25)9-7-16/h3-9,14-15H,10-13H2,1-2H3,(H,26,33)(H,27,30). The van der Waals surface area contributed by atoms with Crippen LogP contribution in [0.4, 0.5) is 4.79 Å². The summed E-state index contributed by atoms with van der Waals surface area (Å²) in [5, 5.41) is 3.94. The lowest BCUT2D eigenvalue weighted by Crippen LogP contribution is -2.51. The first kappa shape index (κ1) is 23.6. The van der Waals surface area contributed by atoms with Gasteiger partial charge in [-0.1, -0.05) is 23.7 Å². The zero-order valence-corrected chi connectivity index (χ0v) is 19.6. The molecule has 5 amide bonds. The molecule has 4 rings (SSSR count). The summed E-state index contributed by atoms with van der Waals surface area (Å²) in [5.41, 5.74) is 2.20. The molecule has 34 heavy (non-hydrogen) atoms. The summed E-state index contributed by atoms with van der Waals surface area (Å²) in [4.78, 5) is 52.9. The Hall–Kier alpha value is -3.59. The lowest BCUT2D eigenvalue weighted by Gasteiger charge is -2.32. The predicted octanol–water partition coefficient (Wildman–Crippen LogP) is 2.70. The number of imide groups is 1. The molecule has 2 N–H and O–H groups in total. The molecule has 2 aliphatic heterocycles. The molecule has 2 aromatic rings. The highest BCUT2D eigenvalue weighted by atomic mass is 35.5. The molecule has 0 radical (unpaired) electrons. The molecule has 1 atom stereocenters. The minimum absolute atomic E-state index is 0.126. The van der Waals surface area contributed by atoms with Gasteiger partial charge < -0.3 is 15.0 Å². The molecule has 2 saturated heterocycles. The van der Waals surface area contributed by atoms with E-state index < -0.39 is 29.3 Å². The molecule has 178 valence electrons. The highest BCUT2D eigenvalue weighted by Gasteiger charge is 2.50. The molecule has 1 unspecified atom stereocenters. The van der Waals surface area contributed by atoms with Crippen molar-refractivity contribution in [3.8, 4) is 5.75 Å². The van der Waals surface area contributed by atoms with Gasteiger partial charge in [-0.3, -0.25) is 19.8 Å². The van der Waals surface area contributed by atoms with Gasteiger partial charge in [0, 0.05) is 29.6 Å². The highest BCUT2D eigenvalue weighted by Crippen LogP contribution is 2.30. The number of nitrogens with zero attached hydrogens (tertiary/aromatic N) is 2. The van der Waals surface area contributed by atoms with Gasteiger partial charge in [-0.25, -0.2) is 4.79 Å². The summed E-state index contributed by atoms with van der Waals surface area (Å²) in [5.74, 6) is -1.04. The lowest BCUT2D eigenvalue weighted by atomic mass is 9.92. The van der Waals surface area contributed by atoms with Crippen LogP contribution in [0.1, 0.15) is 35.7 Å². The molecule has 2 heterocycles. The number of benzene rings is 2.